The van der Waals surface area contributed by atoms with Crippen molar-refractivity contribution in [3.05, 3.63) is 127 Å². The average molecular weight is 977 g/mol. The van der Waals surface area contributed by atoms with Crippen LogP contribution in [0.5, 0.6) is 0 Å². The van der Waals surface area contributed by atoms with Crippen LogP contribution in [0.15, 0.2) is 93.6 Å². The molecular formula is C36H35BrCs2N6O5. The average Bonchev–Trinajstić information content (AvgIpc) is 3.32. The van der Waals surface area contributed by atoms with Gasteiger partial charge in [0.2, 0.25) is 0 Å². The molecule has 248 valence electrons. The smallest absolute Gasteiger partial charge is 1.00 e. The number of fused-ring (bicyclic) bond motifs is 4. The number of hydrogen-bond acceptors (Lipinski definition) is 8. The predicted octanol–water partition coefficient (Wildman–Crippen LogP) is -0.903. The van der Waals surface area contributed by atoms with Crippen molar-refractivity contribution in [3.63, 3.8) is 0 Å². The summed E-state index contributed by atoms with van der Waals surface area (Å²) in [5.41, 5.74) is 8.38. The summed E-state index contributed by atoms with van der Waals surface area (Å²) >= 11 is 3.41. The van der Waals surface area contributed by atoms with E-state index in [1.165, 1.54) is 12.8 Å². The van der Waals surface area contributed by atoms with E-state index in [1.54, 1.807) is 21.3 Å². The second-order valence-corrected chi connectivity index (χ2v) is 12.6. The largest absolute Gasteiger partial charge is 1.00 e. The number of aryl methyl sites for hydroxylation is 2. The Hall–Kier alpha value is -0.836. The maximum Gasteiger partial charge on any atom is 1.00 e. The first-order valence-electron chi connectivity index (χ1n) is 16.0. The van der Waals surface area contributed by atoms with Crippen molar-refractivity contribution < 1.29 is 154 Å². The van der Waals surface area contributed by atoms with Crippen molar-refractivity contribution in [1.82, 2.24) is 28.3 Å². The van der Waals surface area contributed by atoms with Gasteiger partial charge in [-0.1, -0.05) is 59.1 Å². The Morgan fingerprint density at radius 3 is 1.88 bits per heavy atom. The summed E-state index contributed by atoms with van der Waals surface area (Å²) < 4.78 is 6.25. The van der Waals surface area contributed by atoms with Gasteiger partial charge in [0.25, 0.3) is 17.6 Å². The molecule has 0 fully saturated rings. The van der Waals surface area contributed by atoms with E-state index < -0.39 is 0 Å². The van der Waals surface area contributed by atoms with Gasteiger partial charge in [-0.05, 0) is 69.6 Å². The third-order valence-electron chi connectivity index (χ3n) is 8.63. The monoisotopic (exact) mass is 976 g/mol. The standard InChI is InChI=1S/C22H20N4O.C13H13BrN2O.CH2O3.2Cs.H/c27-22-18-9-5-2-6-10-19(18)24-21-13-17(11-12-26(21)22)25-14-20(23-15-25)16-7-3-1-4-8-16;14-9-6-7-16-12(8-9)15-11-5-3-1-2-4-10(11)13(16)17;2-1-4-3;;;/h1,3-4,7-8,11-15H,2,5-6,9-10H2;6-8H,1-5H2;1,3H;;;/q;;;2*+1;-1/p-1. The van der Waals surface area contributed by atoms with Gasteiger partial charge >= 0.3 is 138 Å². The Labute approximate surface area is 416 Å². The van der Waals surface area contributed by atoms with Gasteiger partial charge in [0.1, 0.15) is 11.3 Å². The fraction of sp³-hybridized carbons (Fsp3) is 0.278. The minimum atomic E-state index is -0.181. The number of halogens is 1. The number of aromatic nitrogens is 6. The fourth-order valence-electron chi connectivity index (χ4n) is 6.25. The minimum absolute atomic E-state index is 0. The van der Waals surface area contributed by atoms with Crippen molar-refractivity contribution in [2.45, 2.75) is 64.2 Å². The van der Waals surface area contributed by atoms with Gasteiger partial charge in [0, 0.05) is 45.8 Å². The fourth-order valence-corrected chi connectivity index (χ4v) is 6.57. The molecule has 8 rings (SSSR count). The van der Waals surface area contributed by atoms with E-state index in [-0.39, 0.29) is 157 Å². The number of benzene rings is 1. The van der Waals surface area contributed by atoms with Crippen LogP contribution in [-0.2, 0) is 35.4 Å². The first-order chi connectivity index (χ1) is 23.5. The van der Waals surface area contributed by atoms with E-state index in [0.29, 0.717) is 5.65 Å². The van der Waals surface area contributed by atoms with Crippen LogP contribution in [0.4, 0.5) is 0 Å². The van der Waals surface area contributed by atoms with Gasteiger partial charge in [0.15, 0.2) is 0 Å². The summed E-state index contributed by atoms with van der Waals surface area (Å²) in [5.74, 6) is 0. The molecule has 0 unspecified atom stereocenters. The molecule has 11 nitrogen and oxygen atoms in total. The minimum Gasteiger partial charge on any atom is -1.00 e. The third-order valence-corrected chi connectivity index (χ3v) is 9.13. The molecule has 5 heterocycles. The molecule has 0 bridgehead atoms. The van der Waals surface area contributed by atoms with Crippen molar-refractivity contribution in [2.75, 3.05) is 0 Å². The second-order valence-electron chi connectivity index (χ2n) is 11.7. The number of hydrogen-bond donors (Lipinski definition) is 0. The molecule has 0 saturated heterocycles. The van der Waals surface area contributed by atoms with E-state index in [2.05, 4.69) is 30.8 Å². The molecular weight excluding hydrogens is 942 g/mol. The molecule has 0 radical (unpaired) electrons. The number of imidazole rings is 1. The number of nitrogens with zero attached hydrogens (tertiary/aromatic N) is 6. The van der Waals surface area contributed by atoms with Crippen molar-refractivity contribution in [1.29, 1.82) is 0 Å². The molecule has 2 aliphatic carbocycles. The molecule has 0 atom stereocenters. The Balaban J connectivity index is 0.000000254. The third kappa shape index (κ3) is 10.2. The van der Waals surface area contributed by atoms with Gasteiger partial charge in [-0.15, -0.1) is 0 Å². The summed E-state index contributed by atoms with van der Waals surface area (Å²) in [7, 11) is 0. The Kier molecular flexibility index (Phi) is 17.2. The van der Waals surface area contributed by atoms with Crippen LogP contribution in [0.1, 0.15) is 62.5 Å². The van der Waals surface area contributed by atoms with E-state index in [9.17, 15) is 9.59 Å². The van der Waals surface area contributed by atoms with E-state index in [0.717, 1.165) is 101 Å². The number of pyridine rings is 2. The summed E-state index contributed by atoms with van der Waals surface area (Å²) in [6, 6.07) is 17.8. The first kappa shape index (κ1) is 41.9. The molecule has 0 saturated carbocycles. The van der Waals surface area contributed by atoms with Crippen molar-refractivity contribution in [2.24, 2.45) is 0 Å². The molecule has 1 aromatic carbocycles. The summed E-state index contributed by atoms with van der Waals surface area (Å²) in [6.45, 7) is -0.181. The van der Waals surface area contributed by atoms with Gasteiger partial charge < -0.3 is 16.1 Å². The van der Waals surface area contributed by atoms with Crippen molar-refractivity contribution >= 4 is 33.7 Å². The van der Waals surface area contributed by atoms with Crippen LogP contribution in [0.25, 0.3) is 28.2 Å². The van der Waals surface area contributed by atoms with E-state index in [1.807, 2.05) is 71.6 Å². The summed E-state index contributed by atoms with van der Waals surface area (Å²) in [6.07, 6.45) is 17.8. The van der Waals surface area contributed by atoms with Crippen LogP contribution in [0.2, 0.25) is 0 Å². The van der Waals surface area contributed by atoms with Crippen molar-refractivity contribution in [3.8, 4) is 16.9 Å². The summed E-state index contributed by atoms with van der Waals surface area (Å²) in [5, 5.41) is 8.43. The zero-order valence-corrected chi connectivity index (χ0v) is 42.4. The van der Waals surface area contributed by atoms with Gasteiger partial charge in [-0.3, -0.25) is 23.2 Å². The molecule has 14 heteroatoms. The normalized spacial score (nSPS) is 13.3. The number of rotatable bonds is 3. The molecule has 2 aliphatic rings. The SMILES string of the molecule is O=CO[O-].O=c1c2c(nc3cc(-n4cnc(-c5ccccc5)c4)ccn13)CCCCC2.O=c1c2c(nc3cc(Br)ccn13)CCCCC2.[Cs+].[Cs+].[H-]. The number of carbonyl (C=O) groups excluding carboxylic acids is 1. The zero-order valence-electron chi connectivity index (χ0n) is 29.3. The maximum atomic E-state index is 12.9. The molecule has 50 heavy (non-hydrogen) atoms. The van der Waals surface area contributed by atoms with Crippen LogP contribution in [-0.4, -0.2) is 34.8 Å². The van der Waals surface area contributed by atoms with Gasteiger partial charge in [0.05, 0.1) is 29.1 Å². The molecule has 0 spiro atoms. The number of carbonyl (C=O) groups is 1. The van der Waals surface area contributed by atoms with Crippen LogP contribution >= 0.6 is 15.9 Å². The summed E-state index contributed by atoms with van der Waals surface area (Å²) in [4.78, 5) is 50.4. The van der Waals surface area contributed by atoms with Gasteiger partial charge in [-0.25, -0.2) is 15.0 Å². The Morgan fingerprint density at radius 2 is 1.30 bits per heavy atom. The molecule has 0 aliphatic heterocycles. The Morgan fingerprint density at radius 1 is 0.760 bits per heavy atom. The van der Waals surface area contributed by atoms with Gasteiger partial charge in [-0.2, -0.15) is 0 Å². The van der Waals surface area contributed by atoms with E-state index in [4.69, 9.17) is 15.0 Å². The quantitative estimate of drug-likeness (QED) is 0.0965. The Bertz CT molecular complexity index is 2200. The molecule has 5 aromatic heterocycles. The second kappa shape index (κ2) is 20.6. The molecule has 6 aromatic rings. The molecule has 0 N–H and O–H groups in total. The maximum absolute atomic E-state index is 12.9. The van der Waals surface area contributed by atoms with E-state index >= 15 is 0 Å². The van der Waals surface area contributed by atoms with Crippen LogP contribution < -0.4 is 154 Å². The van der Waals surface area contributed by atoms with Crippen LogP contribution in [0, 0.1) is 0 Å². The topological polar surface area (TPSA) is 136 Å². The zero-order chi connectivity index (χ0) is 33.5. The molecule has 0 amide bonds. The predicted molar refractivity (Wildman–Crippen MR) is 184 cm³/mol. The first-order valence-corrected chi connectivity index (χ1v) is 16.8. The van der Waals surface area contributed by atoms with Crippen LogP contribution in [0.3, 0.4) is 0 Å².